The van der Waals surface area contributed by atoms with Crippen molar-refractivity contribution in [2.75, 3.05) is 39.3 Å². The molecule has 0 atom stereocenters. The van der Waals surface area contributed by atoms with E-state index in [1.807, 2.05) is 32.0 Å². The first-order valence-corrected chi connectivity index (χ1v) is 7.90. The molecule has 1 aromatic rings. The number of rotatable bonds is 6. The van der Waals surface area contributed by atoms with Crippen molar-refractivity contribution in [1.82, 2.24) is 10.2 Å². The molecule has 0 spiro atoms. The number of hydrogen-bond donors (Lipinski definition) is 1. The van der Waals surface area contributed by atoms with Crippen LogP contribution in [0.5, 0.6) is 5.75 Å². The molecule has 4 nitrogen and oxygen atoms in total. The quantitative estimate of drug-likeness (QED) is 0.816. The second-order valence-electron chi connectivity index (χ2n) is 5.55. The molecule has 1 aliphatic rings. The molecule has 1 aliphatic heterocycles. The highest BCUT2D eigenvalue weighted by Crippen LogP contribution is 2.22. The highest BCUT2D eigenvalue weighted by atomic mass is 16.5. The molecular formula is C17H26N2O2. The van der Waals surface area contributed by atoms with Crippen LogP contribution in [0.15, 0.2) is 18.2 Å². The Morgan fingerprint density at radius 1 is 1.33 bits per heavy atom. The van der Waals surface area contributed by atoms with E-state index in [1.54, 1.807) is 0 Å². The molecule has 116 valence electrons. The minimum atomic E-state index is 0.180. The Balaban J connectivity index is 1.97. The standard InChI is InChI=1S/C17H26N2O2/c1-3-21-17-6-5-14(2)13-15(17)16(20)7-11-19-10-4-8-18-9-12-19/h5-6,13,18H,3-4,7-12H2,1-2H3. The Morgan fingerprint density at radius 3 is 3.00 bits per heavy atom. The molecule has 21 heavy (non-hydrogen) atoms. The summed E-state index contributed by atoms with van der Waals surface area (Å²) in [5, 5.41) is 3.38. The van der Waals surface area contributed by atoms with E-state index in [4.69, 9.17) is 4.74 Å². The summed E-state index contributed by atoms with van der Waals surface area (Å²) in [7, 11) is 0. The second-order valence-corrected chi connectivity index (χ2v) is 5.55. The van der Waals surface area contributed by atoms with E-state index in [0.29, 0.717) is 18.8 Å². The number of benzene rings is 1. The van der Waals surface area contributed by atoms with Crippen LogP contribution in [0, 0.1) is 6.92 Å². The lowest BCUT2D eigenvalue weighted by atomic mass is 10.0. The zero-order valence-electron chi connectivity index (χ0n) is 13.2. The van der Waals surface area contributed by atoms with Crippen LogP contribution in [0.2, 0.25) is 0 Å². The van der Waals surface area contributed by atoms with Crippen LogP contribution < -0.4 is 10.1 Å². The maximum absolute atomic E-state index is 12.5. The average molecular weight is 290 g/mol. The Labute approximate surface area is 127 Å². The summed E-state index contributed by atoms with van der Waals surface area (Å²) in [5.74, 6) is 0.894. The fourth-order valence-corrected chi connectivity index (χ4v) is 2.66. The fourth-order valence-electron chi connectivity index (χ4n) is 2.66. The van der Waals surface area contributed by atoms with Gasteiger partial charge in [0.2, 0.25) is 0 Å². The molecule has 0 unspecified atom stereocenters. The van der Waals surface area contributed by atoms with Gasteiger partial charge in [-0.2, -0.15) is 0 Å². The molecular weight excluding hydrogens is 264 g/mol. The van der Waals surface area contributed by atoms with Crippen molar-refractivity contribution in [3.63, 3.8) is 0 Å². The Hall–Kier alpha value is -1.39. The Kier molecular flexibility index (Phi) is 6.21. The number of aryl methyl sites for hydroxylation is 1. The fraction of sp³-hybridized carbons (Fsp3) is 0.588. The third-order valence-corrected chi connectivity index (χ3v) is 3.82. The number of nitrogens with one attached hydrogen (secondary N) is 1. The molecule has 0 amide bonds. The number of carbonyl (C=O) groups is 1. The first-order valence-electron chi connectivity index (χ1n) is 7.90. The van der Waals surface area contributed by atoms with Crippen molar-refractivity contribution < 1.29 is 9.53 Å². The molecule has 0 aromatic heterocycles. The van der Waals surface area contributed by atoms with E-state index in [-0.39, 0.29) is 5.78 Å². The summed E-state index contributed by atoms with van der Waals surface area (Å²) < 4.78 is 5.58. The molecule has 0 bridgehead atoms. The highest BCUT2D eigenvalue weighted by Gasteiger charge is 2.15. The monoisotopic (exact) mass is 290 g/mol. The molecule has 4 heteroatoms. The lowest BCUT2D eigenvalue weighted by molar-refractivity contribution is 0.0961. The van der Waals surface area contributed by atoms with Crippen molar-refractivity contribution >= 4 is 5.78 Å². The first kappa shape index (κ1) is 16.0. The summed E-state index contributed by atoms with van der Waals surface area (Å²) in [6.07, 6.45) is 1.71. The van der Waals surface area contributed by atoms with E-state index in [1.165, 1.54) is 0 Å². The van der Waals surface area contributed by atoms with Crippen LogP contribution in [0.4, 0.5) is 0 Å². The highest BCUT2D eigenvalue weighted by molar-refractivity contribution is 5.99. The molecule has 1 N–H and O–H groups in total. The largest absolute Gasteiger partial charge is 0.493 e. The van der Waals surface area contributed by atoms with Crippen molar-refractivity contribution in [2.24, 2.45) is 0 Å². The van der Waals surface area contributed by atoms with Gasteiger partial charge in [0.15, 0.2) is 5.78 Å². The third kappa shape index (κ3) is 4.83. The van der Waals surface area contributed by atoms with Crippen molar-refractivity contribution in [2.45, 2.75) is 26.7 Å². The number of hydrogen-bond acceptors (Lipinski definition) is 4. The molecule has 0 saturated carbocycles. The smallest absolute Gasteiger partial charge is 0.167 e. The van der Waals surface area contributed by atoms with Gasteiger partial charge in [-0.1, -0.05) is 11.6 Å². The van der Waals surface area contributed by atoms with Gasteiger partial charge in [-0.3, -0.25) is 4.79 Å². The predicted molar refractivity (Wildman–Crippen MR) is 85.2 cm³/mol. The molecule has 1 heterocycles. The molecule has 2 rings (SSSR count). The van der Waals surface area contributed by atoms with E-state index in [0.717, 1.165) is 50.3 Å². The van der Waals surface area contributed by atoms with Gasteiger partial charge in [0.25, 0.3) is 0 Å². The number of nitrogens with zero attached hydrogens (tertiary/aromatic N) is 1. The van der Waals surface area contributed by atoms with Crippen LogP contribution in [-0.2, 0) is 0 Å². The molecule has 0 radical (unpaired) electrons. The minimum Gasteiger partial charge on any atom is -0.493 e. The summed E-state index contributed by atoms with van der Waals surface area (Å²) in [4.78, 5) is 14.9. The van der Waals surface area contributed by atoms with E-state index in [2.05, 4.69) is 10.2 Å². The van der Waals surface area contributed by atoms with Crippen LogP contribution in [0.1, 0.15) is 35.7 Å². The van der Waals surface area contributed by atoms with Gasteiger partial charge >= 0.3 is 0 Å². The normalized spacial score (nSPS) is 16.5. The lowest BCUT2D eigenvalue weighted by Crippen LogP contribution is -2.30. The van der Waals surface area contributed by atoms with Gasteiger partial charge in [0, 0.05) is 26.1 Å². The van der Waals surface area contributed by atoms with Gasteiger partial charge in [0.05, 0.1) is 12.2 Å². The van der Waals surface area contributed by atoms with Gasteiger partial charge < -0.3 is 15.0 Å². The SMILES string of the molecule is CCOc1ccc(C)cc1C(=O)CCN1CCCNCC1. The average Bonchev–Trinajstić information content (AvgIpc) is 2.75. The molecule has 1 aromatic carbocycles. The van der Waals surface area contributed by atoms with Crippen molar-refractivity contribution in [1.29, 1.82) is 0 Å². The van der Waals surface area contributed by atoms with Gasteiger partial charge in [-0.25, -0.2) is 0 Å². The maximum atomic E-state index is 12.5. The van der Waals surface area contributed by atoms with Crippen molar-refractivity contribution in [3.05, 3.63) is 29.3 Å². The summed E-state index contributed by atoms with van der Waals surface area (Å²) in [6.45, 7) is 9.57. The van der Waals surface area contributed by atoms with Crippen LogP contribution in [0.25, 0.3) is 0 Å². The lowest BCUT2D eigenvalue weighted by Gasteiger charge is -2.19. The Morgan fingerprint density at radius 2 is 2.19 bits per heavy atom. The summed E-state index contributed by atoms with van der Waals surface area (Å²) in [6, 6.07) is 5.83. The van der Waals surface area contributed by atoms with Crippen LogP contribution in [-0.4, -0.2) is 50.0 Å². The van der Waals surface area contributed by atoms with Gasteiger partial charge in [0.1, 0.15) is 5.75 Å². The summed E-state index contributed by atoms with van der Waals surface area (Å²) >= 11 is 0. The number of ketones is 1. The third-order valence-electron chi connectivity index (χ3n) is 3.82. The van der Waals surface area contributed by atoms with Gasteiger partial charge in [-0.05, 0) is 45.5 Å². The zero-order chi connectivity index (χ0) is 15.1. The zero-order valence-corrected chi connectivity index (χ0v) is 13.2. The molecule has 0 aliphatic carbocycles. The van der Waals surface area contributed by atoms with E-state index in [9.17, 15) is 4.79 Å². The van der Waals surface area contributed by atoms with Crippen molar-refractivity contribution in [3.8, 4) is 5.75 Å². The van der Waals surface area contributed by atoms with E-state index < -0.39 is 0 Å². The number of ether oxygens (including phenoxy) is 1. The van der Waals surface area contributed by atoms with Crippen LogP contribution >= 0.6 is 0 Å². The topological polar surface area (TPSA) is 41.6 Å². The van der Waals surface area contributed by atoms with E-state index >= 15 is 0 Å². The first-order chi connectivity index (χ1) is 10.2. The number of Topliss-reactive ketones (excluding diaryl/α,β-unsaturated/α-hetero) is 1. The maximum Gasteiger partial charge on any atom is 0.167 e. The second kappa shape index (κ2) is 8.15. The minimum absolute atomic E-state index is 0.180. The summed E-state index contributed by atoms with van der Waals surface area (Å²) in [5.41, 5.74) is 1.82. The van der Waals surface area contributed by atoms with Gasteiger partial charge in [-0.15, -0.1) is 0 Å². The number of carbonyl (C=O) groups excluding carboxylic acids is 1. The predicted octanol–water partition coefficient (Wildman–Crippen LogP) is 2.26. The van der Waals surface area contributed by atoms with Crippen LogP contribution in [0.3, 0.4) is 0 Å². The molecule has 1 saturated heterocycles. The molecule has 1 fully saturated rings. The Bertz CT molecular complexity index is 466.